The smallest absolute Gasteiger partial charge is 0.326 e. The summed E-state index contributed by atoms with van der Waals surface area (Å²) < 4.78 is 0. The molecule has 0 unspecified atom stereocenters. The van der Waals surface area contributed by atoms with Crippen LogP contribution in [-0.2, 0) is 4.79 Å². The Hall–Kier alpha value is -2.11. The lowest BCUT2D eigenvalue weighted by Crippen LogP contribution is -2.45. The van der Waals surface area contributed by atoms with Crippen LogP contribution in [0.3, 0.4) is 0 Å². The van der Waals surface area contributed by atoms with Gasteiger partial charge in [-0.3, -0.25) is 9.59 Å². The number of nitrogens with one attached hydrogen (secondary N) is 2. The molecule has 3 N–H and O–H groups in total. The van der Waals surface area contributed by atoms with Crippen LogP contribution in [0.5, 0.6) is 0 Å². The van der Waals surface area contributed by atoms with Gasteiger partial charge in [0, 0.05) is 11.3 Å². The van der Waals surface area contributed by atoms with Crippen LogP contribution in [0.25, 0.3) is 0 Å². The molecule has 0 radical (unpaired) electrons. The molecule has 0 aliphatic rings. The highest BCUT2D eigenvalue weighted by molar-refractivity contribution is 6.03. The highest BCUT2D eigenvalue weighted by atomic mass is 16.4. The number of rotatable bonds is 6. The number of aromatic nitrogens is 1. The lowest BCUT2D eigenvalue weighted by atomic mass is 9.99. The summed E-state index contributed by atoms with van der Waals surface area (Å²) in [6.45, 7) is 8.46. The van der Waals surface area contributed by atoms with E-state index in [1.165, 1.54) is 6.92 Å². The second kappa shape index (κ2) is 6.56. The van der Waals surface area contributed by atoms with Crippen LogP contribution in [0.1, 0.15) is 59.3 Å². The molecule has 0 bridgehead atoms. The van der Waals surface area contributed by atoms with Crippen molar-refractivity contribution >= 4 is 17.7 Å². The fourth-order valence-electron chi connectivity index (χ4n) is 2.40. The van der Waals surface area contributed by atoms with Gasteiger partial charge in [0.1, 0.15) is 11.7 Å². The number of Topliss-reactive ketones (excluding diaryl/α,β-unsaturated/α-hetero) is 1. The maximum atomic E-state index is 12.3. The Morgan fingerprint density at radius 2 is 1.86 bits per heavy atom. The molecule has 1 aromatic heterocycles. The Morgan fingerprint density at radius 1 is 1.29 bits per heavy atom. The Labute approximate surface area is 123 Å². The summed E-state index contributed by atoms with van der Waals surface area (Å²) in [5.74, 6) is -1.88. The van der Waals surface area contributed by atoms with Crippen LogP contribution in [0.4, 0.5) is 0 Å². The van der Waals surface area contributed by atoms with Gasteiger partial charge in [-0.15, -0.1) is 0 Å². The molecule has 0 saturated heterocycles. The molecular weight excluding hydrogens is 272 g/mol. The molecule has 2 atom stereocenters. The summed E-state index contributed by atoms with van der Waals surface area (Å²) in [7, 11) is 0. The predicted molar refractivity (Wildman–Crippen MR) is 78.6 cm³/mol. The van der Waals surface area contributed by atoms with Gasteiger partial charge in [-0.2, -0.15) is 0 Å². The SMILES string of the molecule is CC[C@H](C)[C@H](NC(=O)c1[nH]c(C)c(C(C)=O)c1C)C(=O)O. The van der Waals surface area contributed by atoms with Gasteiger partial charge in [-0.25, -0.2) is 4.79 Å². The van der Waals surface area contributed by atoms with Crippen molar-refractivity contribution in [2.24, 2.45) is 5.92 Å². The first-order chi connectivity index (χ1) is 9.70. The summed E-state index contributed by atoms with van der Waals surface area (Å²) in [6.07, 6.45) is 0.638. The Kier molecular flexibility index (Phi) is 5.29. The van der Waals surface area contributed by atoms with Crippen molar-refractivity contribution in [1.82, 2.24) is 10.3 Å². The van der Waals surface area contributed by atoms with Crippen LogP contribution >= 0.6 is 0 Å². The van der Waals surface area contributed by atoms with Gasteiger partial charge in [-0.05, 0) is 32.3 Å². The number of aryl methyl sites for hydroxylation is 1. The first-order valence-corrected chi connectivity index (χ1v) is 6.94. The van der Waals surface area contributed by atoms with Crippen LogP contribution in [-0.4, -0.2) is 33.8 Å². The molecule has 0 saturated carbocycles. The van der Waals surface area contributed by atoms with E-state index in [2.05, 4.69) is 10.3 Å². The van der Waals surface area contributed by atoms with Crippen LogP contribution in [0.15, 0.2) is 0 Å². The maximum Gasteiger partial charge on any atom is 0.326 e. The predicted octanol–water partition coefficient (Wildman–Crippen LogP) is 2.06. The summed E-state index contributed by atoms with van der Waals surface area (Å²) in [5.41, 5.74) is 1.88. The van der Waals surface area contributed by atoms with Gasteiger partial charge in [0.25, 0.3) is 5.91 Å². The second-order valence-corrected chi connectivity index (χ2v) is 5.36. The van der Waals surface area contributed by atoms with E-state index in [0.717, 1.165) is 0 Å². The van der Waals surface area contributed by atoms with Crippen molar-refractivity contribution in [1.29, 1.82) is 0 Å². The highest BCUT2D eigenvalue weighted by Crippen LogP contribution is 2.19. The molecule has 0 aliphatic heterocycles. The van der Waals surface area contributed by atoms with E-state index in [9.17, 15) is 19.5 Å². The van der Waals surface area contributed by atoms with E-state index in [4.69, 9.17) is 0 Å². The molecule has 6 nitrogen and oxygen atoms in total. The molecule has 0 aromatic carbocycles. The summed E-state index contributed by atoms with van der Waals surface area (Å²) >= 11 is 0. The minimum absolute atomic E-state index is 0.128. The summed E-state index contributed by atoms with van der Waals surface area (Å²) in [6, 6.07) is -0.953. The van der Waals surface area contributed by atoms with Crippen LogP contribution in [0, 0.1) is 19.8 Å². The third kappa shape index (κ3) is 3.51. The first-order valence-electron chi connectivity index (χ1n) is 6.94. The molecule has 6 heteroatoms. The number of carboxylic acid groups (broad SMARTS) is 1. The summed E-state index contributed by atoms with van der Waals surface area (Å²) in [5, 5.41) is 11.7. The number of carbonyl (C=O) groups is 3. The van der Waals surface area contributed by atoms with E-state index in [0.29, 0.717) is 23.2 Å². The third-order valence-corrected chi connectivity index (χ3v) is 3.78. The standard InChI is InChI=1S/C15H22N2O4/c1-6-7(2)12(15(20)21)17-14(19)13-8(3)11(10(5)18)9(4)16-13/h7,12,16H,6H2,1-5H3,(H,17,19)(H,20,21)/t7-,12-/m0/s1. The number of H-pyrrole nitrogens is 1. The normalized spacial score (nSPS) is 13.6. The largest absolute Gasteiger partial charge is 0.480 e. The molecule has 0 aliphatic carbocycles. The Morgan fingerprint density at radius 3 is 2.24 bits per heavy atom. The molecule has 1 amide bonds. The van der Waals surface area contributed by atoms with E-state index >= 15 is 0 Å². The molecule has 1 heterocycles. The van der Waals surface area contributed by atoms with E-state index < -0.39 is 17.9 Å². The van der Waals surface area contributed by atoms with Crippen molar-refractivity contribution in [3.05, 3.63) is 22.5 Å². The molecule has 21 heavy (non-hydrogen) atoms. The number of aliphatic carboxylic acids is 1. The number of carbonyl (C=O) groups excluding carboxylic acids is 2. The lowest BCUT2D eigenvalue weighted by molar-refractivity contribution is -0.140. The van der Waals surface area contributed by atoms with Gasteiger partial charge in [0.2, 0.25) is 0 Å². The van der Waals surface area contributed by atoms with Gasteiger partial charge >= 0.3 is 5.97 Å². The maximum absolute atomic E-state index is 12.3. The molecular formula is C15H22N2O4. The van der Waals surface area contributed by atoms with E-state index in [1.807, 2.05) is 6.92 Å². The third-order valence-electron chi connectivity index (χ3n) is 3.78. The summed E-state index contributed by atoms with van der Waals surface area (Å²) in [4.78, 5) is 38.0. The Balaban J connectivity index is 3.07. The number of hydrogen-bond acceptors (Lipinski definition) is 3. The minimum Gasteiger partial charge on any atom is -0.480 e. The van der Waals surface area contributed by atoms with Crippen molar-refractivity contribution in [2.45, 2.75) is 47.1 Å². The number of hydrogen-bond donors (Lipinski definition) is 3. The van der Waals surface area contributed by atoms with E-state index in [-0.39, 0.29) is 17.4 Å². The average molecular weight is 294 g/mol. The van der Waals surface area contributed by atoms with Gasteiger partial charge in [-0.1, -0.05) is 20.3 Å². The van der Waals surface area contributed by atoms with Crippen molar-refractivity contribution in [2.75, 3.05) is 0 Å². The van der Waals surface area contributed by atoms with E-state index in [1.54, 1.807) is 20.8 Å². The average Bonchev–Trinajstić information content (AvgIpc) is 2.69. The molecule has 1 rings (SSSR count). The number of amides is 1. The van der Waals surface area contributed by atoms with Gasteiger partial charge in [0.05, 0.1) is 0 Å². The quantitative estimate of drug-likeness (QED) is 0.699. The fraction of sp³-hybridized carbons (Fsp3) is 0.533. The molecule has 0 fully saturated rings. The zero-order valence-corrected chi connectivity index (χ0v) is 13.0. The lowest BCUT2D eigenvalue weighted by Gasteiger charge is -2.20. The van der Waals surface area contributed by atoms with Crippen LogP contribution in [0.2, 0.25) is 0 Å². The number of ketones is 1. The Bertz CT molecular complexity index is 574. The topological polar surface area (TPSA) is 99.3 Å². The monoisotopic (exact) mass is 294 g/mol. The molecule has 1 aromatic rings. The number of aromatic amines is 1. The van der Waals surface area contributed by atoms with Gasteiger partial charge < -0.3 is 15.4 Å². The molecule has 0 spiro atoms. The fourth-order valence-corrected chi connectivity index (χ4v) is 2.40. The zero-order chi connectivity index (χ0) is 16.3. The highest BCUT2D eigenvalue weighted by Gasteiger charge is 2.28. The zero-order valence-electron chi connectivity index (χ0n) is 13.0. The second-order valence-electron chi connectivity index (χ2n) is 5.36. The minimum atomic E-state index is -1.06. The first kappa shape index (κ1) is 16.9. The number of carboxylic acids is 1. The van der Waals surface area contributed by atoms with Gasteiger partial charge in [0.15, 0.2) is 5.78 Å². The molecule has 116 valence electrons. The van der Waals surface area contributed by atoms with Crippen molar-refractivity contribution < 1.29 is 19.5 Å². The van der Waals surface area contributed by atoms with Crippen molar-refractivity contribution in [3.63, 3.8) is 0 Å². The van der Waals surface area contributed by atoms with Crippen LogP contribution < -0.4 is 5.32 Å². The van der Waals surface area contributed by atoms with Crippen molar-refractivity contribution in [3.8, 4) is 0 Å².